The lowest BCUT2D eigenvalue weighted by atomic mass is 10.2. The van der Waals surface area contributed by atoms with Crippen LogP contribution in [0.2, 0.25) is 0 Å². The Morgan fingerprint density at radius 1 is 1.82 bits per heavy atom. The number of hydrogen-bond acceptors (Lipinski definition) is 4. The van der Waals surface area contributed by atoms with Gasteiger partial charge in [0.15, 0.2) is 0 Å². The molecule has 0 aromatic heterocycles. The van der Waals surface area contributed by atoms with Gasteiger partial charge in [0.25, 0.3) is 0 Å². The molecule has 0 radical (unpaired) electrons. The molecule has 5 nitrogen and oxygen atoms in total. The summed E-state index contributed by atoms with van der Waals surface area (Å²) in [6.45, 7) is 1.07. The van der Waals surface area contributed by atoms with Crippen LogP contribution in [0, 0.1) is 0 Å². The molecule has 0 heterocycles. The van der Waals surface area contributed by atoms with E-state index in [0.29, 0.717) is 0 Å². The molecule has 1 unspecified atom stereocenters. The molecule has 0 aliphatic heterocycles. The highest BCUT2D eigenvalue weighted by molar-refractivity contribution is 7.55. The van der Waals surface area contributed by atoms with Gasteiger partial charge in [0.05, 0.1) is 0 Å². The molecule has 0 aliphatic rings. The Morgan fingerprint density at radius 3 is 2.55 bits per heavy atom. The minimum absolute atomic E-state index is 0.0212. The summed E-state index contributed by atoms with van der Waals surface area (Å²) in [5.41, 5.74) is 5.06. The van der Waals surface area contributed by atoms with Crippen LogP contribution in [0.25, 0.3) is 0 Å². The van der Waals surface area contributed by atoms with Crippen molar-refractivity contribution in [2.24, 2.45) is 5.73 Å². The Morgan fingerprint density at radius 2 is 2.27 bits per heavy atom. The SMILES string of the molecule is CP(=O)([O-])CC[C@H](N)C(=O)O. The topological polar surface area (TPSA) is 103 Å². The first-order chi connectivity index (χ1) is 4.83. The van der Waals surface area contributed by atoms with E-state index in [1.165, 1.54) is 0 Å². The highest BCUT2D eigenvalue weighted by Gasteiger charge is 2.12. The molecule has 0 saturated heterocycles. The van der Waals surface area contributed by atoms with Crippen molar-refractivity contribution < 1.29 is 19.4 Å². The van der Waals surface area contributed by atoms with Gasteiger partial charge in [-0.2, -0.15) is 0 Å². The summed E-state index contributed by atoms with van der Waals surface area (Å²) in [4.78, 5) is 20.6. The minimum Gasteiger partial charge on any atom is -0.799 e. The molecular formula is C5H11NO4P-. The van der Waals surface area contributed by atoms with Crippen molar-refractivity contribution in [2.45, 2.75) is 12.5 Å². The molecule has 6 heteroatoms. The monoisotopic (exact) mass is 180 g/mol. The smallest absolute Gasteiger partial charge is 0.320 e. The van der Waals surface area contributed by atoms with Crippen molar-refractivity contribution in [3.05, 3.63) is 0 Å². The van der Waals surface area contributed by atoms with Crippen molar-refractivity contribution >= 4 is 13.3 Å². The molecule has 0 aromatic carbocycles. The normalized spacial score (nSPS) is 18.8. The zero-order chi connectivity index (χ0) is 9.07. The van der Waals surface area contributed by atoms with Crippen LogP contribution in [-0.4, -0.2) is 29.9 Å². The largest absolute Gasteiger partial charge is 0.799 e. The van der Waals surface area contributed by atoms with E-state index < -0.39 is 19.4 Å². The third kappa shape index (κ3) is 6.04. The van der Waals surface area contributed by atoms with E-state index in [-0.39, 0.29) is 12.6 Å². The average Bonchev–Trinajstić information content (AvgIpc) is 1.80. The fourth-order valence-electron chi connectivity index (χ4n) is 0.497. The summed E-state index contributed by atoms with van der Waals surface area (Å²) < 4.78 is 10.5. The van der Waals surface area contributed by atoms with Crippen LogP contribution in [-0.2, 0) is 9.36 Å². The summed E-state index contributed by atoms with van der Waals surface area (Å²) in [6.07, 6.45) is -0.174. The zero-order valence-electron chi connectivity index (χ0n) is 6.19. The Labute approximate surface area is 64.7 Å². The predicted octanol–water partition coefficient (Wildman–Crippen LogP) is -0.943. The van der Waals surface area contributed by atoms with E-state index in [1.54, 1.807) is 0 Å². The molecule has 2 atom stereocenters. The molecule has 0 saturated carbocycles. The van der Waals surface area contributed by atoms with E-state index in [9.17, 15) is 14.3 Å². The number of rotatable bonds is 4. The van der Waals surface area contributed by atoms with Crippen LogP contribution >= 0.6 is 7.37 Å². The first-order valence-electron chi connectivity index (χ1n) is 3.09. The second-order valence-corrected chi connectivity index (χ2v) is 4.95. The van der Waals surface area contributed by atoms with E-state index >= 15 is 0 Å². The third-order valence-corrected chi connectivity index (χ3v) is 2.23. The summed E-state index contributed by atoms with van der Waals surface area (Å²) in [6, 6.07) is -1.07. The molecular weight excluding hydrogens is 169 g/mol. The maximum Gasteiger partial charge on any atom is 0.320 e. The lowest BCUT2D eigenvalue weighted by molar-refractivity contribution is -0.173. The maximum absolute atomic E-state index is 10.5. The fourth-order valence-corrected chi connectivity index (χ4v) is 1.24. The van der Waals surface area contributed by atoms with E-state index in [1.807, 2.05) is 0 Å². The number of nitrogens with two attached hydrogens (primary N) is 1. The Hall–Kier alpha value is -0.380. The Balaban J connectivity index is 3.72. The first kappa shape index (κ1) is 10.6. The molecule has 0 spiro atoms. The van der Waals surface area contributed by atoms with Crippen molar-refractivity contribution in [2.75, 3.05) is 12.8 Å². The van der Waals surface area contributed by atoms with Crippen LogP contribution in [0.4, 0.5) is 0 Å². The molecule has 66 valence electrons. The number of carbonyl (C=O) groups is 1. The minimum atomic E-state index is -3.35. The summed E-state index contributed by atoms with van der Waals surface area (Å²) in [5, 5.41) is 8.26. The van der Waals surface area contributed by atoms with Gasteiger partial charge in [-0.15, -0.1) is 0 Å². The van der Waals surface area contributed by atoms with Gasteiger partial charge in [-0.25, -0.2) is 0 Å². The number of hydrogen-bond donors (Lipinski definition) is 2. The molecule has 11 heavy (non-hydrogen) atoms. The quantitative estimate of drug-likeness (QED) is 0.543. The third-order valence-electron chi connectivity index (χ3n) is 1.16. The molecule has 0 aromatic rings. The van der Waals surface area contributed by atoms with Gasteiger partial charge >= 0.3 is 5.97 Å². The number of aliphatic carboxylic acids is 1. The zero-order valence-corrected chi connectivity index (χ0v) is 7.08. The summed E-state index contributed by atoms with van der Waals surface area (Å²) in [5.74, 6) is -1.17. The lowest BCUT2D eigenvalue weighted by Gasteiger charge is -2.17. The molecule has 0 rings (SSSR count). The Bertz CT molecular complexity index is 187. The van der Waals surface area contributed by atoms with Crippen molar-refractivity contribution in [3.8, 4) is 0 Å². The highest BCUT2D eigenvalue weighted by Crippen LogP contribution is 2.30. The van der Waals surface area contributed by atoms with Crippen LogP contribution in [0.15, 0.2) is 0 Å². The van der Waals surface area contributed by atoms with Gasteiger partial charge in [0.1, 0.15) is 6.04 Å². The first-order valence-corrected chi connectivity index (χ1v) is 5.34. The van der Waals surface area contributed by atoms with Crippen LogP contribution in [0.3, 0.4) is 0 Å². The van der Waals surface area contributed by atoms with Gasteiger partial charge < -0.3 is 20.3 Å². The van der Waals surface area contributed by atoms with Gasteiger partial charge in [-0.1, -0.05) is 0 Å². The second-order valence-electron chi connectivity index (χ2n) is 2.47. The predicted molar refractivity (Wildman–Crippen MR) is 38.6 cm³/mol. The van der Waals surface area contributed by atoms with E-state index in [0.717, 1.165) is 6.66 Å². The van der Waals surface area contributed by atoms with Crippen LogP contribution < -0.4 is 10.6 Å². The molecule has 3 N–H and O–H groups in total. The van der Waals surface area contributed by atoms with Crippen LogP contribution in [0.1, 0.15) is 6.42 Å². The highest BCUT2D eigenvalue weighted by atomic mass is 31.2. The van der Waals surface area contributed by atoms with E-state index in [2.05, 4.69) is 0 Å². The van der Waals surface area contributed by atoms with Crippen molar-refractivity contribution in [1.82, 2.24) is 0 Å². The van der Waals surface area contributed by atoms with Gasteiger partial charge in [-0.05, 0) is 19.2 Å². The standard InChI is InChI=1S/C5H12NO4P/c1-11(9,10)3-2-4(6)5(7)8/h4H,2-3,6H2,1H3,(H,7,8)(H,9,10)/p-1/t4-/m0/s1. The summed E-state index contributed by atoms with van der Waals surface area (Å²) in [7, 11) is -3.35. The molecule has 0 amide bonds. The Kier molecular flexibility index (Phi) is 3.72. The van der Waals surface area contributed by atoms with Crippen molar-refractivity contribution in [1.29, 1.82) is 0 Å². The number of carboxylic acid groups (broad SMARTS) is 1. The lowest BCUT2D eigenvalue weighted by Crippen LogP contribution is -2.31. The average molecular weight is 180 g/mol. The molecule has 0 bridgehead atoms. The van der Waals surface area contributed by atoms with Crippen molar-refractivity contribution in [3.63, 3.8) is 0 Å². The molecule has 0 aliphatic carbocycles. The number of carboxylic acids is 1. The van der Waals surface area contributed by atoms with Gasteiger partial charge in [0, 0.05) is 7.37 Å². The van der Waals surface area contributed by atoms with Crippen LogP contribution in [0.5, 0.6) is 0 Å². The summed E-state index contributed by atoms with van der Waals surface area (Å²) >= 11 is 0. The fraction of sp³-hybridized carbons (Fsp3) is 0.800. The van der Waals surface area contributed by atoms with Gasteiger partial charge in [-0.3, -0.25) is 4.79 Å². The van der Waals surface area contributed by atoms with Gasteiger partial charge in [0.2, 0.25) is 0 Å². The second kappa shape index (κ2) is 3.85. The maximum atomic E-state index is 10.5. The van der Waals surface area contributed by atoms with E-state index in [4.69, 9.17) is 10.8 Å². The molecule has 0 fully saturated rings.